The predicted octanol–water partition coefficient (Wildman–Crippen LogP) is 3.05. The molecule has 1 aliphatic rings. The Hall–Kier alpha value is -1.68. The zero-order valence-electron chi connectivity index (χ0n) is 10.7. The summed E-state index contributed by atoms with van der Waals surface area (Å²) < 4.78 is 0. The molecule has 1 aliphatic heterocycles. The van der Waals surface area contributed by atoms with Gasteiger partial charge in [-0.1, -0.05) is 6.07 Å². The molecule has 0 unspecified atom stereocenters. The average molecular weight is 272 g/mol. The second-order valence-corrected chi connectivity index (χ2v) is 5.81. The average Bonchev–Trinajstić information content (AvgIpc) is 3.10. The minimum absolute atomic E-state index is 0.232. The maximum Gasteiger partial charge on any atom is 0.228 e. The van der Waals surface area contributed by atoms with E-state index in [0.29, 0.717) is 6.42 Å². The van der Waals surface area contributed by atoms with Gasteiger partial charge < -0.3 is 4.90 Å². The quantitative estimate of drug-likeness (QED) is 0.860. The van der Waals surface area contributed by atoms with Crippen LogP contribution in [-0.2, 0) is 11.2 Å². The topological polar surface area (TPSA) is 33.2 Å². The molecule has 2 aromatic rings. The lowest BCUT2D eigenvalue weighted by Crippen LogP contribution is -2.31. The maximum atomic E-state index is 12.4. The second kappa shape index (κ2) is 5.53. The fraction of sp³-hybridized carbons (Fsp3) is 0.333. The summed E-state index contributed by atoms with van der Waals surface area (Å²) >= 11 is 1.65. The first-order valence-corrected chi connectivity index (χ1v) is 7.44. The maximum absolute atomic E-state index is 12.4. The summed E-state index contributed by atoms with van der Waals surface area (Å²) in [4.78, 5) is 19.6. The van der Waals surface area contributed by atoms with Crippen LogP contribution in [0, 0.1) is 0 Å². The number of amides is 1. The van der Waals surface area contributed by atoms with Crippen molar-refractivity contribution in [3.05, 3.63) is 52.5 Å². The van der Waals surface area contributed by atoms with Gasteiger partial charge in [-0.05, 0) is 42.0 Å². The number of pyridine rings is 1. The Balaban J connectivity index is 1.74. The number of likely N-dealkylation sites (tertiary alicyclic amines) is 1. The molecule has 0 spiro atoms. The molecule has 1 atom stereocenters. The molecule has 19 heavy (non-hydrogen) atoms. The molecule has 1 saturated heterocycles. The van der Waals surface area contributed by atoms with Crippen LogP contribution in [0.25, 0.3) is 0 Å². The molecule has 1 fully saturated rings. The first-order valence-electron chi connectivity index (χ1n) is 6.56. The Morgan fingerprint density at radius 1 is 1.37 bits per heavy atom. The van der Waals surface area contributed by atoms with E-state index in [4.69, 9.17) is 0 Å². The fourth-order valence-electron chi connectivity index (χ4n) is 2.66. The van der Waals surface area contributed by atoms with Crippen LogP contribution in [-0.4, -0.2) is 22.3 Å². The Bertz CT molecular complexity index is 539. The number of aromatic nitrogens is 1. The van der Waals surface area contributed by atoms with E-state index in [1.165, 1.54) is 5.56 Å². The number of hydrogen-bond donors (Lipinski definition) is 0. The van der Waals surface area contributed by atoms with Crippen molar-refractivity contribution in [3.63, 3.8) is 0 Å². The molecule has 98 valence electrons. The van der Waals surface area contributed by atoms with Crippen molar-refractivity contribution in [3.8, 4) is 0 Å². The van der Waals surface area contributed by atoms with E-state index in [9.17, 15) is 4.79 Å². The van der Waals surface area contributed by atoms with Crippen molar-refractivity contribution >= 4 is 17.2 Å². The van der Waals surface area contributed by atoms with Gasteiger partial charge in [-0.15, -0.1) is 11.3 Å². The first kappa shape index (κ1) is 12.4. The highest BCUT2D eigenvalue weighted by atomic mass is 32.1. The second-order valence-electron chi connectivity index (χ2n) is 4.78. The summed E-state index contributed by atoms with van der Waals surface area (Å²) in [6.45, 7) is 0.872. The van der Waals surface area contributed by atoms with Gasteiger partial charge in [0.1, 0.15) is 0 Å². The van der Waals surface area contributed by atoms with Gasteiger partial charge in [0.25, 0.3) is 0 Å². The van der Waals surface area contributed by atoms with Gasteiger partial charge in [-0.3, -0.25) is 9.78 Å². The van der Waals surface area contributed by atoms with E-state index in [1.807, 2.05) is 34.5 Å². The lowest BCUT2D eigenvalue weighted by Gasteiger charge is -2.24. The molecule has 0 N–H and O–H groups in total. The standard InChI is InChI=1S/C15H16N2OS/c18-15(11-13-3-2-10-19-13)17-9-1-4-14(17)12-5-7-16-8-6-12/h2-3,5-8,10,14H,1,4,9,11H2/t14-/m0/s1. The fourth-order valence-corrected chi connectivity index (χ4v) is 3.36. The minimum atomic E-state index is 0.232. The Labute approximate surface area is 116 Å². The lowest BCUT2D eigenvalue weighted by molar-refractivity contribution is -0.131. The van der Waals surface area contributed by atoms with Crippen molar-refractivity contribution in [2.75, 3.05) is 6.54 Å². The van der Waals surface area contributed by atoms with Crippen LogP contribution in [0.4, 0.5) is 0 Å². The number of carbonyl (C=O) groups excluding carboxylic acids is 1. The summed E-state index contributed by atoms with van der Waals surface area (Å²) in [6.07, 6.45) is 6.27. The molecule has 0 aliphatic carbocycles. The number of rotatable bonds is 3. The van der Waals surface area contributed by atoms with E-state index in [0.717, 1.165) is 24.3 Å². The Morgan fingerprint density at radius 2 is 2.21 bits per heavy atom. The molecule has 0 radical (unpaired) electrons. The van der Waals surface area contributed by atoms with Crippen molar-refractivity contribution in [2.45, 2.75) is 25.3 Å². The number of thiophene rings is 1. The molecule has 4 heteroatoms. The normalized spacial score (nSPS) is 18.7. The van der Waals surface area contributed by atoms with Crippen molar-refractivity contribution in [1.29, 1.82) is 0 Å². The summed E-state index contributed by atoms with van der Waals surface area (Å²) in [5.41, 5.74) is 1.20. The van der Waals surface area contributed by atoms with E-state index in [-0.39, 0.29) is 11.9 Å². The third-order valence-corrected chi connectivity index (χ3v) is 4.45. The van der Waals surface area contributed by atoms with Gasteiger partial charge in [0.05, 0.1) is 12.5 Å². The van der Waals surface area contributed by atoms with Gasteiger partial charge in [-0.2, -0.15) is 0 Å². The molecule has 1 amide bonds. The molecule has 0 aromatic carbocycles. The summed E-state index contributed by atoms with van der Waals surface area (Å²) in [5, 5.41) is 2.02. The smallest absolute Gasteiger partial charge is 0.228 e. The van der Waals surface area contributed by atoms with Gasteiger partial charge in [0, 0.05) is 23.8 Å². The van der Waals surface area contributed by atoms with Crippen LogP contribution < -0.4 is 0 Å². The molecule has 0 bridgehead atoms. The van der Waals surface area contributed by atoms with Gasteiger partial charge in [-0.25, -0.2) is 0 Å². The van der Waals surface area contributed by atoms with Crippen LogP contribution in [0.1, 0.15) is 29.3 Å². The van der Waals surface area contributed by atoms with E-state index < -0.39 is 0 Å². The third kappa shape index (κ3) is 2.68. The Kier molecular flexibility index (Phi) is 3.60. The van der Waals surface area contributed by atoms with Crippen molar-refractivity contribution in [2.24, 2.45) is 0 Å². The molecular formula is C15H16N2OS. The summed E-state index contributed by atoms with van der Waals surface area (Å²) in [5.74, 6) is 0.238. The SMILES string of the molecule is O=C(Cc1cccs1)N1CCC[C@H]1c1ccncc1. The molecule has 3 rings (SSSR count). The summed E-state index contributed by atoms with van der Waals surface area (Å²) in [6, 6.07) is 8.29. The molecule has 2 aromatic heterocycles. The zero-order chi connectivity index (χ0) is 13.1. The Morgan fingerprint density at radius 3 is 2.95 bits per heavy atom. The van der Waals surface area contributed by atoms with Gasteiger partial charge in [0.15, 0.2) is 0 Å². The third-order valence-electron chi connectivity index (χ3n) is 3.57. The largest absolute Gasteiger partial charge is 0.335 e. The van der Waals surface area contributed by atoms with Crippen LogP contribution in [0.5, 0.6) is 0 Å². The molecule has 3 nitrogen and oxygen atoms in total. The highest BCUT2D eigenvalue weighted by Gasteiger charge is 2.29. The monoisotopic (exact) mass is 272 g/mol. The van der Waals surface area contributed by atoms with Crippen LogP contribution in [0.2, 0.25) is 0 Å². The molecule has 0 saturated carbocycles. The van der Waals surface area contributed by atoms with Crippen molar-refractivity contribution < 1.29 is 4.79 Å². The highest BCUT2D eigenvalue weighted by molar-refractivity contribution is 7.10. The van der Waals surface area contributed by atoms with Gasteiger partial charge in [0.2, 0.25) is 5.91 Å². The number of carbonyl (C=O) groups is 1. The van der Waals surface area contributed by atoms with Crippen LogP contribution >= 0.6 is 11.3 Å². The number of nitrogens with zero attached hydrogens (tertiary/aromatic N) is 2. The van der Waals surface area contributed by atoms with E-state index >= 15 is 0 Å². The summed E-state index contributed by atoms with van der Waals surface area (Å²) in [7, 11) is 0. The van der Waals surface area contributed by atoms with Crippen LogP contribution in [0.3, 0.4) is 0 Å². The first-order chi connectivity index (χ1) is 9.34. The van der Waals surface area contributed by atoms with Crippen LogP contribution in [0.15, 0.2) is 42.0 Å². The lowest BCUT2D eigenvalue weighted by atomic mass is 10.1. The zero-order valence-corrected chi connectivity index (χ0v) is 11.5. The van der Waals surface area contributed by atoms with E-state index in [2.05, 4.69) is 4.98 Å². The predicted molar refractivity (Wildman–Crippen MR) is 75.9 cm³/mol. The van der Waals surface area contributed by atoms with Gasteiger partial charge >= 0.3 is 0 Å². The van der Waals surface area contributed by atoms with Crippen molar-refractivity contribution in [1.82, 2.24) is 9.88 Å². The minimum Gasteiger partial charge on any atom is -0.335 e. The number of hydrogen-bond acceptors (Lipinski definition) is 3. The molecular weight excluding hydrogens is 256 g/mol. The molecule has 3 heterocycles. The highest BCUT2D eigenvalue weighted by Crippen LogP contribution is 2.32. The van der Waals surface area contributed by atoms with E-state index in [1.54, 1.807) is 23.7 Å².